The molecule has 4 rings (SSSR count). The molecule has 3 aliphatic carbocycles. The van der Waals surface area contributed by atoms with E-state index in [2.05, 4.69) is 0 Å². The van der Waals surface area contributed by atoms with Crippen LogP contribution in [0.4, 0.5) is 0 Å². The third-order valence-electron chi connectivity index (χ3n) is 6.72. The summed E-state index contributed by atoms with van der Waals surface area (Å²) >= 11 is 0. The number of benzene rings is 1. The maximum Gasteiger partial charge on any atom is 0.235 e. The van der Waals surface area contributed by atoms with Gasteiger partial charge >= 0.3 is 0 Å². The van der Waals surface area contributed by atoms with Crippen molar-refractivity contribution in [1.82, 2.24) is 0 Å². The molecule has 5 N–H and O–H groups in total. The highest BCUT2D eigenvalue weighted by molar-refractivity contribution is 6.31. The van der Waals surface area contributed by atoms with Crippen LogP contribution in [0.2, 0.25) is 0 Å². The summed E-state index contributed by atoms with van der Waals surface area (Å²) in [6, 6.07) is 4.13. The van der Waals surface area contributed by atoms with Gasteiger partial charge in [-0.25, -0.2) is 0 Å². The van der Waals surface area contributed by atoms with E-state index in [4.69, 9.17) is 5.73 Å². The van der Waals surface area contributed by atoms with E-state index in [0.717, 1.165) is 0 Å². The minimum Gasteiger partial charge on any atom is -0.507 e. The van der Waals surface area contributed by atoms with Crippen molar-refractivity contribution in [2.45, 2.75) is 31.0 Å². The summed E-state index contributed by atoms with van der Waals surface area (Å²) in [6.07, 6.45) is -0.633. The van der Waals surface area contributed by atoms with Gasteiger partial charge in [0.25, 0.3) is 0 Å². The van der Waals surface area contributed by atoms with Gasteiger partial charge in [0.05, 0.1) is 17.1 Å². The van der Waals surface area contributed by atoms with Crippen molar-refractivity contribution >= 4 is 29.0 Å². The normalized spacial score (nSPS) is 38.9. The Balaban J connectivity index is 1.89. The zero-order valence-electron chi connectivity index (χ0n) is 15.4. The van der Waals surface area contributed by atoms with Gasteiger partial charge in [-0.1, -0.05) is 12.1 Å². The Kier molecular flexibility index (Phi) is 3.88. The van der Waals surface area contributed by atoms with Gasteiger partial charge in [-0.2, -0.15) is 0 Å². The molecule has 9 heteroatoms. The molecular weight excluding hydrogens is 382 g/mol. The first-order valence-corrected chi connectivity index (χ1v) is 9.16. The number of phenolic OH excluding ortho intramolecular Hbond substituents is 1. The first-order chi connectivity index (χ1) is 13.4. The van der Waals surface area contributed by atoms with Crippen LogP contribution in [-0.4, -0.2) is 50.0 Å². The molecule has 0 aliphatic heterocycles. The van der Waals surface area contributed by atoms with Crippen LogP contribution in [0.1, 0.15) is 35.7 Å². The van der Waals surface area contributed by atoms with E-state index < -0.39 is 76.1 Å². The Morgan fingerprint density at radius 2 is 1.79 bits per heavy atom. The largest absolute Gasteiger partial charge is 0.507 e. The van der Waals surface area contributed by atoms with Crippen LogP contribution in [0.15, 0.2) is 18.2 Å². The molecule has 0 spiro atoms. The molecule has 0 radical (unpaired) electrons. The van der Waals surface area contributed by atoms with E-state index in [1.807, 2.05) is 0 Å². The summed E-state index contributed by atoms with van der Waals surface area (Å²) in [7, 11) is 0. The SMILES string of the molecule is C[C@@]1(O)c2cccc(O)c2C(=O)C2C(=O)[C@]3(O)C(=O)C(C(N)=O)C(=O)C[C@@H]3C[C@@H]21. The molecule has 2 fully saturated rings. The summed E-state index contributed by atoms with van der Waals surface area (Å²) in [6.45, 7) is 1.38. The monoisotopic (exact) mass is 401 g/mol. The number of aliphatic hydroxyl groups is 2. The standard InChI is InChI=1S/C20H19NO8/c1-19(28)8-3-2-4-10(22)12(8)15(24)13-9(19)5-7-6-11(23)14(18(21)27)17(26)20(7,29)16(13)25/h2-4,7,9,13-14,22,28-29H,5-6H2,1H3,(H2,21,27)/t7-,9-,13?,14?,19+,20-/m0/s1. The average Bonchev–Trinajstić information content (AvgIpc) is 2.62. The minimum absolute atomic E-state index is 0.130. The third-order valence-corrected chi connectivity index (χ3v) is 6.72. The lowest BCUT2D eigenvalue weighted by atomic mass is 9.51. The molecule has 0 bridgehead atoms. The molecule has 3 aliphatic rings. The number of primary amides is 1. The topological polar surface area (TPSA) is 172 Å². The highest BCUT2D eigenvalue weighted by atomic mass is 16.3. The predicted molar refractivity (Wildman–Crippen MR) is 94.4 cm³/mol. The maximum atomic E-state index is 13.3. The number of Topliss-reactive ketones (excluding diaryl/α,β-unsaturated/α-hetero) is 4. The summed E-state index contributed by atoms with van der Waals surface area (Å²) in [5, 5.41) is 32.4. The van der Waals surface area contributed by atoms with Crippen LogP contribution >= 0.6 is 0 Å². The Hall–Kier alpha value is -2.91. The first-order valence-electron chi connectivity index (χ1n) is 9.16. The van der Waals surface area contributed by atoms with Crippen molar-refractivity contribution in [3.05, 3.63) is 29.3 Å². The van der Waals surface area contributed by atoms with Crippen LogP contribution < -0.4 is 5.73 Å². The Morgan fingerprint density at radius 3 is 2.41 bits per heavy atom. The summed E-state index contributed by atoms with van der Waals surface area (Å²) in [5.74, 6) is -11.6. The third kappa shape index (κ3) is 2.25. The van der Waals surface area contributed by atoms with Crippen molar-refractivity contribution < 1.29 is 39.3 Å². The second-order valence-electron chi connectivity index (χ2n) is 8.23. The van der Waals surface area contributed by atoms with Crippen LogP contribution in [0.5, 0.6) is 5.75 Å². The summed E-state index contributed by atoms with van der Waals surface area (Å²) in [5.41, 5.74) is 0.523. The van der Waals surface area contributed by atoms with Crippen molar-refractivity contribution in [3.8, 4) is 5.75 Å². The zero-order chi connectivity index (χ0) is 21.5. The fraction of sp³-hybridized carbons (Fsp3) is 0.450. The number of amides is 1. The molecule has 9 nitrogen and oxygen atoms in total. The van der Waals surface area contributed by atoms with Crippen LogP contribution in [0.25, 0.3) is 0 Å². The number of rotatable bonds is 1. The van der Waals surface area contributed by atoms with Crippen molar-refractivity contribution in [3.63, 3.8) is 0 Å². The van der Waals surface area contributed by atoms with Crippen LogP contribution in [-0.2, 0) is 24.8 Å². The van der Waals surface area contributed by atoms with E-state index in [1.165, 1.54) is 25.1 Å². The van der Waals surface area contributed by atoms with Gasteiger partial charge in [-0.05, 0) is 25.0 Å². The van der Waals surface area contributed by atoms with Crippen LogP contribution in [0.3, 0.4) is 0 Å². The molecule has 0 heterocycles. The molecule has 2 saturated carbocycles. The van der Waals surface area contributed by atoms with Gasteiger partial charge in [0.1, 0.15) is 5.75 Å². The molecular formula is C20H19NO8. The van der Waals surface area contributed by atoms with Gasteiger partial charge < -0.3 is 21.1 Å². The average molecular weight is 401 g/mol. The number of aromatic hydroxyl groups is 1. The molecule has 29 heavy (non-hydrogen) atoms. The number of hydrogen-bond donors (Lipinski definition) is 4. The second-order valence-corrected chi connectivity index (χ2v) is 8.23. The summed E-state index contributed by atoms with van der Waals surface area (Å²) < 4.78 is 0. The number of hydrogen-bond acceptors (Lipinski definition) is 8. The van der Waals surface area contributed by atoms with Crippen molar-refractivity contribution in [2.75, 3.05) is 0 Å². The van der Waals surface area contributed by atoms with E-state index in [0.29, 0.717) is 0 Å². The van der Waals surface area contributed by atoms with Crippen molar-refractivity contribution in [1.29, 1.82) is 0 Å². The number of carbonyl (C=O) groups excluding carboxylic acids is 5. The molecule has 152 valence electrons. The number of nitrogens with two attached hydrogens (primary N) is 1. The van der Waals surface area contributed by atoms with Gasteiger partial charge in [0.2, 0.25) is 5.91 Å². The maximum absolute atomic E-state index is 13.3. The molecule has 0 aromatic heterocycles. The number of carbonyl (C=O) groups is 5. The van der Waals surface area contributed by atoms with Gasteiger partial charge in [-0.3, -0.25) is 24.0 Å². The molecule has 1 aromatic rings. The Bertz CT molecular complexity index is 1010. The smallest absolute Gasteiger partial charge is 0.235 e. The Morgan fingerprint density at radius 1 is 1.14 bits per heavy atom. The van der Waals surface area contributed by atoms with Crippen LogP contribution in [0, 0.1) is 23.7 Å². The minimum atomic E-state index is -2.73. The number of phenols is 1. The summed E-state index contributed by atoms with van der Waals surface area (Å²) in [4.78, 5) is 63.0. The van der Waals surface area contributed by atoms with Gasteiger partial charge in [0.15, 0.2) is 34.7 Å². The highest BCUT2D eigenvalue weighted by Gasteiger charge is 2.68. The van der Waals surface area contributed by atoms with Gasteiger partial charge in [-0.15, -0.1) is 0 Å². The lowest BCUT2D eigenvalue weighted by Crippen LogP contribution is -2.69. The Labute approximate surface area is 164 Å². The zero-order valence-corrected chi connectivity index (χ0v) is 15.4. The molecule has 1 aromatic carbocycles. The molecule has 2 unspecified atom stereocenters. The van der Waals surface area contributed by atoms with E-state index >= 15 is 0 Å². The number of fused-ring (bicyclic) bond motifs is 3. The van der Waals surface area contributed by atoms with E-state index in [1.54, 1.807) is 0 Å². The molecule has 6 atom stereocenters. The van der Waals surface area contributed by atoms with Crippen molar-refractivity contribution in [2.24, 2.45) is 29.4 Å². The quantitative estimate of drug-likeness (QED) is 0.433. The molecule has 0 saturated heterocycles. The number of ketones is 4. The van der Waals surface area contributed by atoms with E-state index in [9.17, 15) is 39.3 Å². The fourth-order valence-electron chi connectivity index (χ4n) is 5.23. The van der Waals surface area contributed by atoms with E-state index in [-0.39, 0.29) is 17.5 Å². The predicted octanol–water partition coefficient (Wildman–Crippen LogP) is -1.01. The highest BCUT2D eigenvalue weighted by Crippen LogP contribution is 2.55. The lowest BCUT2D eigenvalue weighted by Gasteiger charge is -2.52. The first kappa shape index (κ1) is 19.4. The molecule has 1 amide bonds. The fourth-order valence-corrected chi connectivity index (χ4v) is 5.23. The van der Waals surface area contributed by atoms with Gasteiger partial charge in [0, 0.05) is 18.3 Å². The second kappa shape index (κ2) is 5.80. The lowest BCUT2D eigenvalue weighted by molar-refractivity contribution is -0.182.